The van der Waals surface area contributed by atoms with Gasteiger partial charge < -0.3 is 0 Å². The van der Waals surface area contributed by atoms with E-state index >= 15 is 0 Å². The van der Waals surface area contributed by atoms with Gasteiger partial charge >= 0.3 is 53.6 Å². The lowest BCUT2D eigenvalue weighted by molar-refractivity contribution is -0.461. The Bertz CT molecular complexity index is 558. The molecule has 4 N–H and O–H groups in total. The van der Waals surface area contributed by atoms with Crippen LogP contribution in [0, 0.1) is 0 Å². The van der Waals surface area contributed by atoms with Gasteiger partial charge in [-0.25, -0.2) is 0 Å². The Morgan fingerprint density at radius 1 is 0.241 bits per heavy atom. The third-order valence-corrected chi connectivity index (χ3v) is 3.20. The highest BCUT2D eigenvalue weighted by atomic mass is 19.4. The number of alkyl halides is 18. The quantitative estimate of drug-likeness (QED) is 0.395. The molecule has 0 aromatic heterocycles. The topological polar surface area (TPSA) is 52.0 Å². The summed E-state index contributed by atoms with van der Waals surface area (Å²) in [5.41, 5.74) is 6.10. The Kier molecular flexibility index (Phi) is 6.04. The van der Waals surface area contributed by atoms with E-state index in [1.807, 2.05) is 0 Å². The molecule has 0 bridgehead atoms. The summed E-state index contributed by atoms with van der Waals surface area (Å²) in [4.78, 5) is 0. The van der Waals surface area contributed by atoms with Crippen molar-refractivity contribution in [2.45, 2.75) is 53.6 Å². The van der Waals surface area contributed by atoms with E-state index in [9.17, 15) is 79.0 Å². The van der Waals surface area contributed by atoms with Crippen molar-refractivity contribution in [2.24, 2.45) is 11.5 Å². The van der Waals surface area contributed by atoms with Crippen LogP contribution in [0.3, 0.4) is 0 Å². The molecule has 0 aromatic carbocycles. The van der Waals surface area contributed by atoms with Gasteiger partial charge in [0.1, 0.15) is 0 Å². The minimum absolute atomic E-state index is 3.05. The average molecular weight is 482 g/mol. The molecular weight excluding hydrogens is 478 g/mol. The van der Waals surface area contributed by atoms with Gasteiger partial charge in [-0.2, -0.15) is 79.0 Å². The molecule has 0 spiro atoms. The Balaban J connectivity index is 6.82. The van der Waals surface area contributed by atoms with Crippen molar-refractivity contribution in [1.82, 2.24) is 0 Å². The van der Waals surface area contributed by atoms with Crippen molar-refractivity contribution in [1.29, 1.82) is 0 Å². The second-order valence-corrected chi connectivity index (χ2v) is 5.27. The zero-order chi connectivity index (χ0) is 24.5. The first kappa shape index (κ1) is 27.7. The van der Waals surface area contributed by atoms with Crippen LogP contribution < -0.4 is 11.5 Å². The van der Waals surface area contributed by atoms with Crippen molar-refractivity contribution in [2.75, 3.05) is 0 Å². The van der Waals surface area contributed by atoms with Gasteiger partial charge in [-0.15, -0.1) is 0 Å². The van der Waals surface area contributed by atoms with Crippen molar-refractivity contribution in [3.05, 3.63) is 0 Å². The van der Waals surface area contributed by atoms with Gasteiger partial charge in [-0.05, 0) is 0 Å². The summed E-state index contributed by atoms with van der Waals surface area (Å²) < 4.78 is 230. The molecule has 29 heavy (non-hydrogen) atoms. The summed E-state index contributed by atoms with van der Waals surface area (Å²) in [6.07, 6.45) is 0. The van der Waals surface area contributed by atoms with Crippen LogP contribution in [0.5, 0.6) is 0 Å². The molecule has 0 aromatic rings. The Morgan fingerprint density at radius 3 is 0.448 bits per heavy atom. The molecule has 0 aliphatic carbocycles. The van der Waals surface area contributed by atoms with Crippen LogP contribution in [0.2, 0.25) is 0 Å². The normalized spacial score (nSPS) is 17.0. The minimum Gasteiger partial charge on any atom is -0.267 e. The molecule has 0 amide bonds. The third kappa shape index (κ3) is 3.25. The molecule has 20 heteroatoms. The largest absolute Gasteiger partial charge is 0.392 e. The van der Waals surface area contributed by atoms with Crippen LogP contribution in [-0.2, 0) is 0 Å². The second kappa shape index (κ2) is 6.33. The van der Waals surface area contributed by atoms with Gasteiger partial charge in [0.05, 0.1) is 0 Å². The number of nitrogens with two attached hydrogens (primary N) is 2. The first-order valence-electron chi connectivity index (χ1n) is 5.98. The van der Waals surface area contributed by atoms with Crippen molar-refractivity contribution < 1.29 is 79.0 Å². The first-order valence-corrected chi connectivity index (χ1v) is 5.98. The number of halogens is 18. The maximum absolute atomic E-state index is 13.1. The molecule has 0 saturated carbocycles. The van der Waals surface area contributed by atoms with Gasteiger partial charge in [-0.1, -0.05) is 0 Å². The highest BCUT2D eigenvalue weighted by Gasteiger charge is 2.96. The Hall–Kier alpha value is -1.34. The lowest BCUT2D eigenvalue weighted by atomic mass is 9.88. The Labute approximate surface area is 145 Å². The predicted octanol–water partition coefficient (Wildman–Crippen LogP) is 4.54. The smallest absolute Gasteiger partial charge is 0.267 e. The molecule has 0 radical (unpaired) electrons. The van der Waals surface area contributed by atoms with E-state index in [-0.39, 0.29) is 0 Å². The zero-order valence-electron chi connectivity index (χ0n) is 12.5. The van der Waals surface area contributed by atoms with Crippen LogP contribution in [0.25, 0.3) is 0 Å². The number of rotatable bonds is 8. The van der Waals surface area contributed by atoms with Gasteiger partial charge in [0.25, 0.3) is 0 Å². The summed E-state index contributed by atoms with van der Waals surface area (Å²) in [6.45, 7) is 0. The van der Waals surface area contributed by atoms with Crippen LogP contribution in [0.15, 0.2) is 0 Å². The van der Waals surface area contributed by atoms with E-state index in [1.165, 1.54) is 0 Å². The van der Waals surface area contributed by atoms with E-state index in [0.29, 0.717) is 0 Å². The zero-order valence-corrected chi connectivity index (χ0v) is 12.5. The summed E-state index contributed by atoms with van der Waals surface area (Å²) in [7, 11) is 0. The van der Waals surface area contributed by atoms with Crippen LogP contribution in [0.4, 0.5) is 79.0 Å². The van der Waals surface area contributed by atoms with E-state index in [1.54, 1.807) is 0 Å². The summed E-state index contributed by atoms with van der Waals surface area (Å²) in [6, 6.07) is -13.8. The fourth-order valence-electron chi connectivity index (χ4n) is 1.40. The maximum atomic E-state index is 13.1. The molecule has 0 fully saturated rings. The summed E-state index contributed by atoms with van der Waals surface area (Å²) in [5.74, 6) is -58.8. The number of hydrogen-bond donors (Lipinski definition) is 2. The van der Waals surface area contributed by atoms with Crippen molar-refractivity contribution >= 4 is 0 Å². The van der Waals surface area contributed by atoms with Crippen molar-refractivity contribution in [3.8, 4) is 0 Å². The molecule has 0 aliphatic heterocycles. The van der Waals surface area contributed by atoms with Gasteiger partial charge in [0.15, 0.2) is 0 Å². The molecule has 0 unspecified atom stereocenters. The van der Waals surface area contributed by atoms with Crippen LogP contribution in [-0.4, -0.2) is 53.6 Å². The third-order valence-electron chi connectivity index (χ3n) is 3.20. The lowest BCUT2D eigenvalue weighted by Crippen LogP contribution is -2.77. The van der Waals surface area contributed by atoms with Gasteiger partial charge in [0.2, 0.25) is 0 Å². The molecule has 2 nitrogen and oxygen atoms in total. The fraction of sp³-hybridized carbons (Fsp3) is 1.00. The minimum atomic E-state index is -8.80. The molecule has 0 rings (SSSR count). The Morgan fingerprint density at radius 2 is 0.345 bits per heavy atom. The average Bonchev–Trinajstić information content (AvgIpc) is 2.43. The SMILES string of the molecule is NC(F)(F)C(F)(F)C(F)(F)C(F)(F)C(F)(F)C(F)(F)C(F)(F)C(F)(F)C(N)(F)F. The lowest BCUT2D eigenvalue weighted by Gasteiger charge is -2.43. The van der Waals surface area contributed by atoms with Crippen molar-refractivity contribution in [3.63, 3.8) is 0 Å². The monoisotopic (exact) mass is 482 g/mol. The van der Waals surface area contributed by atoms with E-state index < -0.39 is 53.6 Å². The summed E-state index contributed by atoms with van der Waals surface area (Å²) >= 11 is 0. The van der Waals surface area contributed by atoms with Gasteiger partial charge in [-0.3, -0.25) is 11.5 Å². The highest BCUT2D eigenvalue weighted by molar-refractivity contribution is 5.16. The molecule has 0 saturated heterocycles. The standard InChI is InChI=1S/C9H4F18N2/c10-1(11,2(12,13)4(16,17)6(20,21)8(24,25)28)3(14,15)5(18,19)7(22,23)9(26,27)29/h28-29H2. The molecule has 176 valence electrons. The highest BCUT2D eigenvalue weighted by Crippen LogP contribution is 2.64. The van der Waals surface area contributed by atoms with Crippen LogP contribution >= 0.6 is 0 Å². The molecular formula is C9H4F18N2. The molecule has 0 heterocycles. The van der Waals surface area contributed by atoms with E-state index in [0.717, 1.165) is 0 Å². The molecule has 0 aliphatic rings. The van der Waals surface area contributed by atoms with E-state index in [2.05, 4.69) is 11.5 Å². The second-order valence-electron chi connectivity index (χ2n) is 5.27. The maximum Gasteiger partial charge on any atom is 0.392 e. The number of hydrogen-bond acceptors (Lipinski definition) is 2. The van der Waals surface area contributed by atoms with Crippen LogP contribution in [0.1, 0.15) is 0 Å². The summed E-state index contributed by atoms with van der Waals surface area (Å²) in [5, 5.41) is 0. The molecule has 0 atom stereocenters. The van der Waals surface area contributed by atoms with Gasteiger partial charge in [0, 0.05) is 0 Å². The fourth-order valence-corrected chi connectivity index (χ4v) is 1.40. The van der Waals surface area contributed by atoms with E-state index in [4.69, 9.17) is 0 Å². The predicted molar refractivity (Wildman–Crippen MR) is 52.9 cm³/mol. The first-order chi connectivity index (χ1) is 12.0.